The number of hydrogen-bond donors (Lipinski definition) is 3. The molecule has 1 spiro atoms. The van der Waals surface area contributed by atoms with Crippen LogP contribution in [0.5, 0.6) is 0 Å². The Kier molecular flexibility index (Phi) is 28.6. The van der Waals surface area contributed by atoms with Gasteiger partial charge in [0.05, 0.1) is 45.2 Å². The summed E-state index contributed by atoms with van der Waals surface area (Å²) in [4.78, 5) is 191. The molecule has 101 heavy (non-hydrogen) atoms. The van der Waals surface area contributed by atoms with Gasteiger partial charge in [0, 0.05) is 74.3 Å². The van der Waals surface area contributed by atoms with E-state index in [2.05, 4.69) is 16.0 Å². The van der Waals surface area contributed by atoms with Crippen LogP contribution in [-0.4, -0.2) is 276 Å². The molecule has 3 N–H and O–H groups in total. The van der Waals surface area contributed by atoms with Crippen LogP contribution < -0.4 is 16.0 Å². The van der Waals surface area contributed by atoms with E-state index in [1.54, 1.807) is 6.92 Å². The Morgan fingerprint density at radius 1 is 0.584 bits per heavy atom. The van der Waals surface area contributed by atoms with Gasteiger partial charge in [-0.2, -0.15) is 13.2 Å². The molecule has 25 nitrogen and oxygen atoms in total. The molecule has 0 aromatic rings. The molecular formula is C72H114ClF3N12O13. The molecule has 568 valence electrons. The molecule has 8 fully saturated rings. The van der Waals surface area contributed by atoms with E-state index in [0.29, 0.717) is 51.4 Å². The number of nitrogens with one attached hydrogen (secondary N) is 3. The fourth-order valence-electron chi connectivity index (χ4n) is 17.0. The number of halogens is 4. The first-order valence-corrected chi connectivity index (χ1v) is 37.9. The molecule has 29 heteroatoms. The first-order chi connectivity index (χ1) is 47.9. The normalized spacial score (nSPS) is 30.7. The molecule has 3 heterocycles. The Balaban J connectivity index is 1.16. The van der Waals surface area contributed by atoms with Gasteiger partial charge in [-0.1, -0.05) is 90.9 Å². The van der Waals surface area contributed by atoms with Crippen LogP contribution in [0.4, 0.5) is 13.2 Å². The predicted octanol–water partition coefficient (Wildman–Crippen LogP) is 5.08. The summed E-state index contributed by atoms with van der Waals surface area (Å²) in [6.07, 6.45) is 7.38. The van der Waals surface area contributed by atoms with Crippen LogP contribution in [-0.2, 0) is 62.3 Å². The zero-order chi connectivity index (χ0) is 73.8. The lowest BCUT2D eigenvalue weighted by Gasteiger charge is -2.44. The third-order valence-corrected chi connectivity index (χ3v) is 24.4. The van der Waals surface area contributed by atoms with Gasteiger partial charge in [0.25, 0.3) is 0 Å². The number of rotatable bonds is 10. The van der Waals surface area contributed by atoms with Gasteiger partial charge in [0.1, 0.15) is 47.8 Å². The second-order valence-electron chi connectivity index (χ2n) is 30.8. The van der Waals surface area contributed by atoms with Crippen LogP contribution in [0, 0.1) is 35.5 Å². The first-order valence-electron chi connectivity index (χ1n) is 37.5. The summed E-state index contributed by atoms with van der Waals surface area (Å²) in [5.74, 6) is -10.7. The lowest BCUT2D eigenvalue weighted by Crippen LogP contribution is -2.65. The highest BCUT2D eigenvalue weighted by molar-refractivity contribution is 6.21. The van der Waals surface area contributed by atoms with Gasteiger partial charge in [-0.15, -0.1) is 11.6 Å². The van der Waals surface area contributed by atoms with Crippen molar-refractivity contribution < 1.29 is 75.4 Å². The van der Waals surface area contributed by atoms with E-state index in [0.717, 1.165) is 67.6 Å². The van der Waals surface area contributed by atoms with Crippen molar-refractivity contribution in [2.75, 3.05) is 102 Å². The quantitative estimate of drug-likeness (QED) is 0.241. The van der Waals surface area contributed by atoms with E-state index >= 15 is 28.8 Å². The van der Waals surface area contributed by atoms with E-state index < -0.39 is 174 Å². The van der Waals surface area contributed by atoms with Crippen molar-refractivity contribution in [2.24, 2.45) is 35.5 Å². The van der Waals surface area contributed by atoms with Crippen LogP contribution in [0.25, 0.3) is 0 Å². The number of fused-ring (bicyclic) bond motifs is 1. The summed E-state index contributed by atoms with van der Waals surface area (Å²) in [6, 6.07) is -8.51. The maximum Gasteiger partial charge on any atom is 0.393 e. The Morgan fingerprint density at radius 2 is 1.19 bits per heavy atom. The molecule has 0 radical (unpaired) electrons. The Hall–Kier alpha value is -6.32. The number of carbonyl (C=O) groups excluding carboxylic acids is 12. The third kappa shape index (κ3) is 19.7. The topological polar surface area (TPSA) is 279 Å². The third-order valence-electron chi connectivity index (χ3n) is 23.9. The number of morpholine rings is 1. The monoisotopic (exact) mass is 1450 g/mol. The summed E-state index contributed by atoms with van der Waals surface area (Å²) >= 11 is 6.41. The van der Waals surface area contributed by atoms with Crippen molar-refractivity contribution in [3.63, 3.8) is 0 Å². The number of likely N-dealkylation sites (N-methyl/N-ethyl adjacent to an activating group) is 7. The fraction of sp³-hybridized carbons (Fsp3) is 0.833. The number of amides is 12. The smallest absolute Gasteiger partial charge is 0.378 e. The van der Waals surface area contributed by atoms with Crippen molar-refractivity contribution in [2.45, 2.75) is 247 Å². The number of nitrogens with zero attached hydrogens (tertiary/aromatic N) is 9. The van der Waals surface area contributed by atoms with Crippen LogP contribution in [0.15, 0.2) is 0 Å². The number of ether oxygens (including phenoxy) is 1. The van der Waals surface area contributed by atoms with Gasteiger partial charge in [-0.3, -0.25) is 57.5 Å². The summed E-state index contributed by atoms with van der Waals surface area (Å²) in [7, 11) is 10.1. The van der Waals surface area contributed by atoms with Crippen molar-refractivity contribution in [1.29, 1.82) is 0 Å². The highest BCUT2D eigenvalue weighted by Gasteiger charge is 2.53. The largest absolute Gasteiger partial charge is 0.393 e. The number of alkyl halides is 4. The Bertz CT molecular complexity index is 2960. The molecule has 5 aliphatic carbocycles. The molecule has 5 saturated carbocycles. The van der Waals surface area contributed by atoms with E-state index in [9.17, 15) is 41.9 Å². The summed E-state index contributed by atoms with van der Waals surface area (Å²) < 4.78 is 47.7. The van der Waals surface area contributed by atoms with Gasteiger partial charge in [-0.05, 0) is 119 Å². The summed E-state index contributed by atoms with van der Waals surface area (Å²) in [6.45, 7) is 2.83. The minimum Gasteiger partial charge on any atom is -0.378 e. The Morgan fingerprint density at radius 3 is 1.79 bits per heavy atom. The molecule has 3 aliphatic heterocycles. The van der Waals surface area contributed by atoms with Crippen LogP contribution in [0.2, 0.25) is 0 Å². The first kappa shape index (κ1) is 80.4. The van der Waals surface area contributed by atoms with Crippen LogP contribution >= 0.6 is 11.6 Å². The number of hydrogen-bond acceptors (Lipinski definition) is 13. The van der Waals surface area contributed by atoms with Crippen molar-refractivity contribution in [3.05, 3.63) is 0 Å². The maximum atomic E-state index is 15.8. The molecule has 0 aromatic carbocycles. The Labute approximate surface area is 599 Å². The molecule has 3 unspecified atom stereocenters. The van der Waals surface area contributed by atoms with Crippen molar-refractivity contribution in [3.8, 4) is 0 Å². The van der Waals surface area contributed by atoms with Gasteiger partial charge in [0.15, 0.2) is 0 Å². The lowest BCUT2D eigenvalue weighted by molar-refractivity contribution is -0.182. The molecule has 0 aromatic heterocycles. The van der Waals surface area contributed by atoms with Gasteiger partial charge >= 0.3 is 6.18 Å². The molecular weight excluding hydrogens is 1330 g/mol. The van der Waals surface area contributed by atoms with Crippen molar-refractivity contribution in [1.82, 2.24) is 60.0 Å². The predicted molar refractivity (Wildman–Crippen MR) is 369 cm³/mol. The second-order valence-corrected chi connectivity index (χ2v) is 31.3. The zero-order valence-electron chi connectivity index (χ0n) is 61.2. The van der Waals surface area contributed by atoms with Gasteiger partial charge in [-0.25, -0.2) is 0 Å². The van der Waals surface area contributed by atoms with Gasteiger partial charge < -0.3 is 64.8 Å². The molecule has 0 bridgehead atoms. The fourth-order valence-corrected chi connectivity index (χ4v) is 17.6. The standard InChI is InChI=1S/C72H114ClF3N12O13/c1-10-45(2)60-68(98)82(5)43-58(91)80(3)44-59(92)83(6)54(40-46-21-13-11-14-22-46)66(96)81(4)42-56(89)77-52(31-29-47-28-30-50(51(73)39-47)72(74,75)76)65(95)88-34-20-27-53(88)63(93)79-71(32-17-18-33-71)70(100)86(9)62(49-23-15-12-16-24-49)69(99)84(7)55(67(97)87-35-37-101-38-36-87)41-57(90)85(8)61(64(94)78-60)48-25-19-26-48/h45-55,60-62H,10-44H2,1-9H3,(H,77,89)(H,78,94)(H,79,93)/t45-,47?,50?,51?,52-,53-,54-,55-,60-,61-,62-/m0/s1. The average Bonchev–Trinajstić information content (AvgIpc) is 1.76. The summed E-state index contributed by atoms with van der Waals surface area (Å²) in [5, 5.41) is 7.67. The second kappa shape index (κ2) is 35.9. The maximum absolute atomic E-state index is 15.8. The molecule has 12 amide bonds. The molecule has 8 rings (SSSR count). The molecule has 3 saturated heterocycles. The van der Waals surface area contributed by atoms with E-state index in [1.165, 1.54) is 83.6 Å². The number of carbonyl (C=O) groups is 12. The highest BCUT2D eigenvalue weighted by atomic mass is 35.5. The van der Waals surface area contributed by atoms with Gasteiger partial charge in [0.2, 0.25) is 70.9 Å². The summed E-state index contributed by atoms with van der Waals surface area (Å²) in [5.41, 5.74) is -1.56. The average molecular weight is 1450 g/mol. The van der Waals surface area contributed by atoms with Crippen LogP contribution in [0.3, 0.4) is 0 Å². The lowest BCUT2D eigenvalue weighted by atomic mass is 9.78. The van der Waals surface area contributed by atoms with Crippen LogP contribution in [0.1, 0.15) is 187 Å². The van der Waals surface area contributed by atoms with Crippen molar-refractivity contribution >= 4 is 82.5 Å². The molecule has 8 aliphatic rings. The van der Waals surface area contributed by atoms with E-state index in [-0.39, 0.29) is 108 Å². The van der Waals surface area contributed by atoms with E-state index in [4.69, 9.17) is 16.3 Å². The SMILES string of the molecule is CC[C@H](C)[C@@H]1NC(=O)[C@H](C2CCC2)N(C)C(=O)C[C@@H](C(=O)N2CCOCC2)N(C)C(=O)[C@H](C2CCCCC2)N(C)C(=O)C2(CCCC2)NC(=O)[C@@H]2CCCN2C(=O)[C@H](CCC2CCC(C(F)(F)F)C(Cl)C2)NC(=O)CN(C)C(=O)[C@H](CC2CCCCC2)N(C)C(=O)CN(C)C(=O)CN(C)C1=O. The van der Waals surface area contributed by atoms with E-state index in [1.807, 2.05) is 6.92 Å². The highest BCUT2D eigenvalue weighted by Crippen LogP contribution is 2.44. The zero-order valence-corrected chi connectivity index (χ0v) is 61.9. The molecule has 11 atom stereocenters. The minimum absolute atomic E-state index is 0.000747. The minimum atomic E-state index is -4.51.